The summed E-state index contributed by atoms with van der Waals surface area (Å²) >= 11 is 0. The Hall–Kier alpha value is -1.58. The predicted octanol–water partition coefficient (Wildman–Crippen LogP) is 3.02. The van der Waals surface area contributed by atoms with Gasteiger partial charge in [0, 0.05) is 6.54 Å². The van der Waals surface area contributed by atoms with Crippen LogP contribution in [0.15, 0.2) is 12.1 Å². The minimum Gasteiger partial charge on any atom is -0.465 e. The molecule has 0 aromatic carbocycles. The summed E-state index contributed by atoms with van der Waals surface area (Å²) in [5.41, 5.74) is 1.26. The zero-order valence-electron chi connectivity index (χ0n) is 12.2. The van der Waals surface area contributed by atoms with Crippen LogP contribution in [0.1, 0.15) is 41.7 Å². The Morgan fingerprint density at radius 1 is 1.35 bits per heavy atom. The Kier molecular flexibility index (Phi) is 3.64. The number of carbonyl (C=O) groups excluding carboxylic acids is 1. The van der Waals surface area contributed by atoms with Crippen molar-refractivity contribution in [3.8, 4) is 0 Å². The molecule has 2 fully saturated rings. The summed E-state index contributed by atoms with van der Waals surface area (Å²) in [7, 11) is 1.39. The van der Waals surface area contributed by atoms with Gasteiger partial charge in [0.15, 0.2) is 0 Å². The number of pyridine rings is 1. The fourth-order valence-electron chi connectivity index (χ4n) is 2.97. The maximum atomic E-state index is 11.5. The molecule has 0 spiro atoms. The molecule has 2 aliphatic rings. The molecule has 0 aliphatic heterocycles. The molecule has 1 heterocycles. The van der Waals surface area contributed by atoms with Crippen LogP contribution in [0.2, 0.25) is 0 Å². The largest absolute Gasteiger partial charge is 0.465 e. The second kappa shape index (κ2) is 5.43. The first-order chi connectivity index (χ1) is 9.69. The van der Waals surface area contributed by atoms with E-state index in [1.54, 1.807) is 6.07 Å². The maximum Gasteiger partial charge on any atom is 0.339 e. The van der Waals surface area contributed by atoms with Crippen molar-refractivity contribution in [2.75, 3.05) is 19.0 Å². The van der Waals surface area contributed by atoms with Crippen LogP contribution in [0.25, 0.3) is 0 Å². The number of nitrogens with one attached hydrogen (secondary N) is 1. The number of rotatable bonds is 6. The molecule has 4 heteroatoms. The molecule has 1 N–H and O–H groups in total. The molecule has 2 saturated carbocycles. The van der Waals surface area contributed by atoms with E-state index >= 15 is 0 Å². The fraction of sp³-hybridized carbons (Fsp3) is 0.625. The van der Waals surface area contributed by atoms with Gasteiger partial charge in [0.1, 0.15) is 5.82 Å². The highest BCUT2D eigenvalue weighted by Crippen LogP contribution is 2.49. The first-order valence-electron chi connectivity index (χ1n) is 7.49. The van der Waals surface area contributed by atoms with Gasteiger partial charge in [0.05, 0.1) is 18.4 Å². The summed E-state index contributed by atoms with van der Waals surface area (Å²) in [5, 5.41) is 3.45. The number of aromatic nitrogens is 1. The summed E-state index contributed by atoms with van der Waals surface area (Å²) in [5.74, 6) is 3.23. The molecule has 3 rings (SSSR count). The van der Waals surface area contributed by atoms with E-state index in [0.29, 0.717) is 5.56 Å². The van der Waals surface area contributed by atoms with E-state index in [1.807, 2.05) is 13.0 Å². The van der Waals surface area contributed by atoms with E-state index in [2.05, 4.69) is 10.3 Å². The molecule has 0 saturated heterocycles. The van der Waals surface area contributed by atoms with Crippen LogP contribution in [-0.2, 0) is 4.74 Å². The molecular formula is C16H22N2O2. The van der Waals surface area contributed by atoms with Gasteiger partial charge < -0.3 is 10.1 Å². The highest BCUT2D eigenvalue weighted by molar-refractivity contribution is 5.90. The molecule has 0 unspecified atom stereocenters. The summed E-state index contributed by atoms with van der Waals surface area (Å²) in [6.45, 7) is 2.86. The van der Waals surface area contributed by atoms with Gasteiger partial charge in [-0.05, 0) is 62.5 Å². The normalized spacial score (nSPS) is 18.1. The summed E-state index contributed by atoms with van der Waals surface area (Å²) in [4.78, 5) is 16.0. The number of aryl methyl sites for hydroxylation is 1. The molecule has 20 heavy (non-hydrogen) atoms. The highest BCUT2D eigenvalue weighted by Gasteiger charge is 2.41. The van der Waals surface area contributed by atoms with Gasteiger partial charge in [0.25, 0.3) is 0 Å². The zero-order valence-corrected chi connectivity index (χ0v) is 12.2. The topological polar surface area (TPSA) is 51.2 Å². The van der Waals surface area contributed by atoms with Crippen LogP contribution in [0, 0.1) is 24.7 Å². The van der Waals surface area contributed by atoms with Crippen LogP contribution >= 0.6 is 0 Å². The summed E-state index contributed by atoms with van der Waals surface area (Å²) in [6.07, 6.45) is 5.60. The van der Waals surface area contributed by atoms with Crippen molar-refractivity contribution in [3.63, 3.8) is 0 Å². The number of esters is 1. The summed E-state index contributed by atoms with van der Waals surface area (Å²) in [6, 6.07) is 3.66. The van der Waals surface area contributed by atoms with E-state index in [4.69, 9.17) is 4.74 Å². The molecule has 108 valence electrons. The van der Waals surface area contributed by atoms with E-state index in [-0.39, 0.29) is 5.97 Å². The van der Waals surface area contributed by atoms with Crippen LogP contribution in [0.5, 0.6) is 0 Å². The maximum absolute atomic E-state index is 11.5. The molecule has 4 nitrogen and oxygen atoms in total. The monoisotopic (exact) mass is 274 g/mol. The van der Waals surface area contributed by atoms with Crippen molar-refractivity contribution in [2.45, 2.75) is 32.6 Å². The lowest BCUT2D eigenvalue weighted by atomic mass is 9.98. The molecular weight excluding hydrogens is 252 g/mol. The first-order valence-corrected chi connectivity index (χ1v) is 7.49. The van der Waals surface area contributed by atoms with Gasteiger partial charge in [-0.2, -0.15) is 0 Å². The van der Waals surface area contributed by atoms with Crippen LogP contribution in [0.3, 0.4) is 0 Å². The SMILES string of the molecule is COC(=O)c1ccc(NCC(C2CC2)C2CC2)nc1C. The van der Waals surface area contributed by atoms with Crippen molar-refractivity contribution in [1.82, 2.24) is 4.98 Å². The van der Waals surface area contributed by atoms with E-state index in [1.165, 1.54) is 32.8 Å². The molecule has 0 atom stereocenters. The zero-order chi connectivity index (χ0) is 14.1. The Morgan fingerprint density at radius 3 is 2.50 bits per heavy atom. The third-order valence-corrected chi connectivity index (χ3v) is 4.47. The number of nitrogens with zero attached hydrogens (tertiary/aromatic N) is 1. The fourth-order valence-corrected chi connectivity index (χ4v) is 2.97. The molecule has 1 aromatic rings. The molecule has 1 aromatic heterocycles. The number of carbonyl (C=O) groups is 1. The number of hydrogen-bond donors (Lipinski definition) is 1. The Bertz CT molecular complexity index is 495. The lowest BCUT2D eigenvalue weighted by Gasteiger charge is -2.17. The van der Waals surface area contributed by atoms with Crippen molar-refractivity contribution in [2.24, 2.45) is 17.8 Å². The second-order valence-corrected chi connectivity index (χ2v) is 6.04. The Morgan fingerprint density at radius 2 is 2.00 bits per heavy atom. The Labute approximate surface area is 119 Å². The van der Waals surface area contributed by atoms with E-state index in [9.17, 15) is 4.79 Å². The number of hydrogen-bond acceptors (Lipinski definition) is 4. The van der Waals surface area contributed by atoms with Gasteiger partial charge in [-0.1, -0.05) is 0 Å². The quantitative estimate of drug-likeness (QED) is 0.810. The van der Waals surface area contributed by atoms with E-state index in [0.717, 1.165) is 35.8 Å². The standard InChI is InChI=1S/C16H22N2O2/c1-10-13(16(19)20-2)7-8-15(18-10)17-9-14(11-3-4-11)12-5-6-12/h7-8,11-12,14H,3-6,9H2,1-2H3,(H,17,18). The third kappa shape index (κ3) is 2.94. The van der Waals surface area contributed by atoms with Crippen LogP contribution < -0.4 is 5.32 Å². The molecule has 0 amide bonds. The van der Waals surface area contributed by atoms with Crippen LogP contribution in [-0.4, -0.2) is 24.6 Å². The van der Waals surface area contributed by atoms with Gasteiger partial charge in [-0.15, -0.1) is 0 Å². The molecule has 0 radical (unpaired) electrons. The van der Waals surface area contributed by atoms with Gasteiger partial charge in [0.2, 0.25) is 0 Å². The van der Waals surface area contributed by atoms with Crippen molar-refractivity contribution >= 4 is 11.8 Å². The van der Waals surface area contributed by atoms with Crippen molar-refractivity contribution in [3.05, 3.63) is 23.4 Å². The smallest absolute Gasteiger partial charge is 0.339 e. The lowest BCUT2D eigenvalue weighted by molar-refractivity contribution is 0.0599. The van der Waals surface area contributed by atoms with Gasteiger partial charge >= 0.3 is 5.97 Å². The summed E-state index contributed by atoms with van der Waals surface area (Å²) < 4.78 is 4.74. The molecule has 2 aliphatic carbocycles. The minimum absolute atomic E-state index is 0.324. The average molecular weight is 274 g/mol. The minimum atomic E-state index is -0.324. The number of methoxy groups -OCH3 is 1. The second-order valence-electron chi connectivity index (χ2n) is 6.04. The Balaban J connectivity index is 1.62. The van der Waals surface area contributed by atoms with Crippen molar-refractivity contribution in [1.29, 1.82) is 0 Å². The average Bonchev–Trinajstić information content (AvgIpc) is 3.31. The number of ether oxygens (including phenoxy) is 1. The van der Waals surface area contributed by atoms with E-state index < -0.39 is 0 Å². The number of anilines is 1. The highest BCUT2D eigenvalue weighted by atomic mass is 16.5. The van der Waals surface area contributed by atoms with Crippen LogP contribution in [0.4, 0.5) is 5.82 Å². The van der Waals surface area contributed by atoms with Crippen molar-refractivity contribution < 1.29 is 9.53 Å². The first kappa shape index (κ1) is 13.4. The third-order valence-electron chi connectivity index (χ3n) is 4.47. The molecule has 0 bridgehead atoms. The van der Waals surface area contributed by atoms with Gasteiger partial charge in [-0.25, -0.2) is 9.78 Å². The predicted molar refractivity (Wildman–Crippen MR) is 77.7 cm³/mol. The van der Waals surface area contributed by atoms with Gasteiger partial charge in [-0.3, -0.25) is 0 Å². The lowest BCUT2D eigenvalue weighted by Crippen LogP contribution is -2.19.